The SMILES string of the molecule is O=C1S/C(=C\c2ccc(Cl)cc2)C(=O)N1CC(=O)N1CCCCC1CCO. The van der Waals surface area contributed by atoms with E-state index in [1.807, 2.05) is 0 Å². The highest BCUT2D eigenvalue weighted by atomic mass is 35.5. The molecule has 3 amide bonds. The van der Waals surface area contributed by atoms with Crippen molar-refractivity contribution >= 4 is 46.5 Å². The molecule has 2 heterocycles. The fourth-order valence-electron chi connectivity index (χ4n) is 3.35. The number of piperidine rings is 1. The number of benzene rings is 1. The zero-order valence-electron chi connectivity index (χ0n) is 14.8. The van der Waals surface area contributed by atoms with Crippen LogP contribution >= 0.6 is 23.4 Å². The molecule has 1 aromatic carbocycles. The molecule has 1 N–H and O–H groups in total. The van der Waals surface area contributed by atoms with Crippen molar-refractivity contribution in [2.24, 2.45) is 0 Å². The molecule has 144 valence electrons. The summed E-state index contributed by atoms with van der Waals surface area (Å²) in [5.41, 5.74) is 0.760. The minimum absolute atomic E-state index is 0.0137. The first-order chi connectivity index (χ1) is 13.0. The molecule has 27 heavy (non-hydrogen) atoms. The predicted molar refractivity (Wildman–Crippen MR) is 105 cm³/mol. The van der Waals surface area contributed by atoms with Gasteiger partial charge in [-0.05, 0) is 61.2 Å². The number of imide groups is 1. The molecule has 1 atom stereocenters. The van der Waals surface area contributed by atoms with Gasteiger partial charge in [0, 0.05) is 24.2 Å². The lowest BCUT2D eigenvalue weighted by atomic mass is 9.99. The Labute approximate surface area is 167 Å². The zero-order valence-corrected chi connectivity index (χ0v) is 16.3. The summed E-state index contributed by atoms with van der Waals surface area (Å²) in [6.07, 6.45) is 4.89. The molecule has 0 bridgehead atoms. The van der Waals surface area contributed by atoms with E-state index >= 15 is 0 Å². The van der Waals surface area contributed by atoms with Gasteiger partial charge in [-0.3, -0.25) is 19.3 Å². The van der Waals surface area contributed by atoms with Gasteiger partial charge in [0.25, 0.3) is 11.1 Å². The van der Waals surface area contributed by atoms with E-state index in [1.165, 1.54) is 0 Å². The molecule has 2 saturated heterocycles. The van der Waals surface area contributed by atoms with Gasteiger partial charge in [-0.25, -0.2) is 0 Å². The molecule has 3 rings (SSSR count). The Bertz CT molecular complexity index is 763. The Kier molecular flexibility index (Phi) is 6.57. The van der Waals surface area contributed by atoms with Gasteiger partial charge in [-0.15, -0.1) is 0 Å². The van der Waals surface area contributed by atoms with Gasteiger partial charge in [0.2, 0.25) is 5.91 Å². The lowest BCUT2D eigenvalue weighted by Gasteiger charge is -2.36. The lowest BCUT2D eigenvalue weighted by molar-refractivity contribution is -0.139. The van der Waals surface area contributed by atoms with Gasteiger partial charge >= 0.3 is 0 Å². The second-order valence-corrected chi connectivity index (χ2v) is 8.00. The van der Waals surface area contributed by atoms with Crippen molar-refractivity contribution < 1.29 is 19.5 Å². The van der Waals surface area contributed by atoms with Crippen LogP contribution in [0.25, 0.3) is 6.08 Å². The number of rotatable bonds is 5. The van der Waals surface area contributed by atoms with E-state index in [2.05, 4.69) is 0 Å². The van der Waals surface area contributed by atoms with E-state index in [4.69, 9.17) is 11.6 Å². The van der Waals surface area contributed by atoms with Gasteiger partial charge in [-0.2, -0.15) is 0 Å². The summed E-state index contributed by atoms with van der Waals surface area (Å²) in [5, 5.41) is 9.35. The summed E-state index contributed by atoms with van der Waals surface area (Å²) in [5.74, 6) is -0.702. The van der Waals surface area contributed by atoms with Crippen LogP contribution < -0.4 is 0 Å². The second kappa shape index (κ2) is 8.91. The van der Waals surface area contributed by atoms with Crippen LogP contribution in [0.1, 0.15) is 31.2 Å². The first-order valence-corrected chi connectivity index (χ1v) is 10.1. The fourth-order valence-corrected chi connectivity index (χ4v) is 4.32. The van der Waals surface area contributed by atoms with E-state index in [1.54, 1.807) is 35.2 Å². The summed E-state index contributed by atoms with van der Waals surface area (Å²) in [4.78, 5) is 40.5. The first kappa shape index (κ1) is 19.9. The number of aliphatic hydroxyl groups is 1. The van der Waals surface area contributed by atoms with Crippen molar-refractivity contribution in [3.05, 3.63) is 39.8 Å². The van der Waals surface area contributed by atoms with Crippen LogP contribution in [0.2, 0.25) is 5.02 Å². The zero-order chi connectivity index (χ0) is 19.4. The quantitative estimate of drug-likeness (QED) is 0.757. The van der Waals surface area contributed by atoms with Gasteiger partial charge < -0.3 is 10.0 Å². The molecule has 0 radical (unpaired) electrons. The number of likely N-dealkylation sites (tertiary alicyclic amines) is 1. The van der Waals surface area contributed by atoms with Gasteiger partial charge in [0.1, 0.15) is 6.54 Å². The number of carbonyl (C=O) groups excluding carboxylic acids is 3. The summed E-state index contributed by atoms with van der Waals surface area (Å²) < 4.78 is 0. The summed E-state index contributed by atoms with van der Waals surface area (Å²) in [6.45, 7) is 0.352. The van der Waals surface area contributed by atoms with E-state index in [-0.39, 0.29) is 25.1 Å². The Morgan fingerprint density at radius 3 is 2.70 bits per heavy atom. The third kappa shape index (κ3) is 4.72. The third-order valence-corrected chi connectivity index (χ3v) is 5.90. The lowest BCUT2D eigenvalue weighted by Crippen LogP contribution is -2.49. The molecule has 2 aliphatic heterocycles. The molecule has 6 nitrogen and oxygen atoms in total. The average Bonchev–Trinajstić information content (AvgIpc) is 2.91. The molecule has 0 aliphatic carbocycles. The second-order valence-electron chi connectivity index (χ2n) is 6.57. The predicted octanol–water partition coefficient (Wildman–Crippen LogP) is 3.14. The van der Waals surface area contributed by atoms with Crippen molar-refractivity contribution in [1.82, 2.24) is 9.80 Å². The highest BCUT2D eigenvalue weighted by Gasteiger charge is 2.38. The number of halogens is 1. The van der Waals surface area contributed by atoms with Crippen LogP contribution in [0.5, 0.6) is 0 Å². The Hall–Kier alpha value is -1.83. The van der Waals surface area contributed by atoms with Gasteiger partial charge in [-0.1, -0.05) is 23.7 Å². The molecule has 8 heteroatoms. The molecule has 2 aliphatic rings. The van der Waals surface area contributed by atoms with Crippen LogP contribution in [0, 0.1) is 0 Å². The van der Waals surface area contributed by atoms with Gasteiger partial charge in [0.15, 0.2) is 0 Å². The number of thioether (sulfide) groups is 1. The Balaban J connectivity index is 1.69. The van der Waals surface area contributed by atoms with E-state index in [9.17, 15) is 19.5 Å². The number of amides is 3. The van der Waals surface area contributed by atoms with Crippen LogP contribution in [0.3, 0.4) is 0 Å². The minimum Gasteiger partial charge on any atom is -0.396 e. The molecule has 1 unspecified atom stereocenters. The highest BCUT2D eigenvalue weighted by molar-refractivity contribution is 8.18. The van der Waals surface area contributed by atoms with Crippen molar-refractivity contribution in [2.75, 3.05) is 19.7 Å². The average molecular weight is 409 g/mol. The maximum absolute atomic E-state index is 12.7. The number of hydrogen-bond donors (Lipinski definition) is 1. The van der Waals surface area contributed by atoms with E-state index in [0.29, 0.717) is 22.9 Å². The van der Waals surface area contributed by atoms with Gasteiger partial charge in [0.05, 0.1) is 4.91 Å². The Morgan fingerprint density at radius 2 is 2.00 bits per heavy atom. The number of nitrogens with zero attached hydrogens (tertiary/aromatic N) is 2. The molecular formula is C19H21ClN2O4S. The van der Waals surface area contributed by atoms with Crippen LogP contribution in [0.15, 0.2) is 29.2 Å². The maximum atomic E-state index is 12.7. The largest absolute Gasteiger partial charge is 0.396 e. The Morgan fingerprint density at radius 1 is 1.26 bits per heavy atom. The molecular weight excluding hydrogens is 388 g/mol. The van der Waals surface area contributed by atoms with Crippen LogP contribution in [0.4, 0.5) is 4.79 Å². The normalized spacial score (nSPS) is 22.0. The number of aliphatic hydroxyl groups excluding tert-OH is 1. The molecule has 0 spiro atoms. The van der Waals surface area contributed by atoms with Crippen molar-refractivity contribution in [2.45, 2.75) is 31.7 Å². The van der Waals surface area contributed by atoms with E-state index in [0.717, 1.165) is 41.5 Å². The smallest absolute Gasteiger partial charge is 0.294 e. The van der Waals surface area contributed by atoms with Crippen LogP contribution in [-0.2, 0) is 9.59 Å². The van der Waals surface area contributed by atoms with Crippen molar-refractivity contribution in [1.29, 1.82) is 0 Å². The standard InChI is InChI=1S/C19H21ClN2O4S/c20-14-6-4-13(5-7-14)11-16-18(25)22(19(26)27-16)12-17(24)21-9-2-1-3-15(21)8-10-23/h4-7,11,15,23H,1-3,8-10,12H2/b16-11-. The monoisotopic (exact) mass is 408 g/mol. The third-order valence-electron chi connectivity index (χ3n) is 4.74. The number of hydrogen-bond acceptors (Lipinski definition) is 5. The molecule has 0 saturated carbocycles. The maximum Gasteiger partial charge on any atom is 0.294 e. The fraction of sp³-hybridized carbons (Fsp3) is 0.421. The van der Waals surface area contributed by atoms with Crippen molar-refractivity contribution in [3.8, 4) is 0 Å². The highest BCUT2D eigenvalue weighted by Crippen LogP contribution is 2.32. The summed E-state index contributed by atoms with van der Waals surface area (Å²) >= 11 is 6.69. The molecule has 1 aromatic rings. The topological polar surface area (TPSA) is 77.9 Å². The molecule has 0 aromatic heterocycles. The summed E-state index contributed by atoms with van der Waals surface area (Å²) in [6, 6.07) is 6.90. The minimum atomic E-state index is -0.455. The van der Waals surface area contributed by atoms with E-state index < -0.39 is 11.1 Å². The molecule has 2 fully saturated rings. The number of carbonyl (C=O) groups is 3. The van der Waals surface area contributed by atoms with Crippen LogP contribution in [-0.4, -0.2) is 57.7 Å². The summed E-state index contributed by atoms with van der Waals surface area (Å²) in [7, 11) is 0. The first-order valence-electron chi connectivity index (χ1n) is 8.91. The van der Waals surface area contributed by atoms with Crippen molar-refractivity contribution in [3.63, 3.8) is 0 Å².